The van der Waals surface area contributed by atoms with Crippen LogP contribution >= 0.6 is 0 Å². The second-order valence-corrected chi connectivity index (χ2v) is 4.93. The summed E-state index contributed by atoms with van der Waals surface area (Å²) in [6.45, 7) is 0.113. The lowest BCUT2D eigenvalue weighted by Gasteiger charge is -2.29. The Balaban J connectivity index is 2.27. The van der Waals surface area contributed by atoms with Crippen molar-refractivity contribution in [1.29, 1.82) is 0 Å². The number of methoxy groups -OCH3 is 1. The number of esters is 1. The molecule has 1 aromatic heterocycles. The van der Waals surface area contributed by atoms with E-state index in [1.165, 1.54) is 7.11 Å². The van der Waals surface area contributed by atoms with Crippen molar-refractivity contribution < 1.29 is 14.3 Å². The fourth-order valence-electron chi connectivity index (χ4n) is 2.60. The molecule has 0 saturated heterocycles. The molecule has 1 saturated carbocycles. The predicted molar refractivity (Wildman–Crippen MR) is 74.4 cm³/mol. The fourth-order valence-corrected chi connectivity index (χ4v) is 2.60. The van der Waals surface area contributed by atoms with Gasteiger partial charge in [-0.2, -0.15) is 0 Å². The molecule has 1 aliphatic rings. The van der Waals surface area contributed by atoms with Crippen molar-refractivity contribution >= 4 is 17.7 Å². The lowest BCUT2D eigenvalue weighted by molar-refractivity contribution is -0.116. The summed E-state index contributed by atoms with van der Waals surface area (Å²) < 4.78 is 4.70. The van der Waals surface area contributed by atoms with Crippen LogP contribution in [0, 0.1) is 0 Å². The molecule has 1 fully saturated rings. The summed E-state index contributed by atoms with van der Waals surface area (Å²) in [6, 6.07) is 3.49. The van der Waals surface area contributed by atoms with Crippen molar-refractivity contribution in [2.75, 3.05) is 18.6 Å². The normalized spacial score (nSPS) is 15.1. The first-order valence-electron chi connectivity index (χ1n) is 6.71. The van der Waals surface area contributed by atoms with Crippen LogP contribution in [-0.2, 0) is 9.53 Å². The number of amides is 1. The second-order valence-electron chi connectivity index (χ2n) is 4.93. The zero-order valence-corrected chi connectivity index (χ0v) is 11.5. The van der Waals surface area contributed by atoms with E-state index in [0.717, 1.165) is 25.7 Å². The van der Waals surface area contributed by atoms with E-state index in [9.17, 15) is 9.59 Å². The summed E-state index contributed by atoms with van der Waals surface area (Å²) in [7, 11) is 1.33. The Bertz CT molecular complexity index is 498. The molecule has 6 heteroatoms. The molecule has 0 spiro atoms. The van der Waals surface area contributed by atoms with E-state index in [1.54, 1.807) is 18.3 Å². The molecule has 1 heterocycles. The van der Waals surface area contributed by atoms with Gasteiger partial charge in [0.2, 0.25) is 5.91 Å². The van der Waals surface area contributed by atoms with Crippen LogP contribution in [0.15, 0.2) is 18.3 Å². The van der Waals surface area contributed by atoms with Crippen LogP contribution in [0.4, 0.5) is 5.82 Å². The number of ether oxygens (including phenoxy) is 1. The average molecular weight is 277 g/mol. The Morgan fingerprint density at radius 1 is 1.45 bits per heavy atom. The highest BCUT2D eigenvalue weighted by atomic mass is 16.5. The number of pyridine rings is 1. The highest BCUT2D eigenvalue weighted by molar-refractivity contribution is 5.90. The minimum Gasteiger partial charge on any atom is -0.465 e. The Morgan fingerprint density at radius 3 is 2.75 bits per heavy atom. The van der Waals surface area contributed by atoms with E-state index in [1.807, 2.05) is 4.90 Å². The minimum absolute atomic E-state index is 0.113. The molecule has 0 atom stereocenters. The second kappa shape index (κ2) is 6.36. The van der Waals surface area contributed by atoms with Crippen LogP contribution < -0.4 is 10.6 Å². The standard InChI is InChI=1S/C14H19N3O3/c1-20-14(19)10-6-7-16-13(8-10)17(9-12(15)18)11-4-2-3-5-11/h6-8,11H,2-5,9H2,1H3,(H2,15,18). The number of nitrogens with zero attached hydrogens (tertiary/aromatic N) is 2. The average Bonchev–Trinajstić information content (AvgIpc) is 2.97. The maximum atomic E-state index is 11.6. The number of carbonyl (C=O) groups is 2. The summed E-state index contributed by atoms with van der Waals surface area (Å²) in [5, 5.41) is 0. The molecule has 0 aliphatic heterocycles. The monoisotopic (exact) mass is 277 g/mol. The van der Waals surface area contributed by atoms with Crippen molar-refractivity contribution in [1.82, 2.24) is 4.98 Å². The molecule has 0 unspecified atom stereocenters. The van der Waals surface area contributed by atoms with Crippen LogP contribution in [-0.4, -0.2) is 36.6 Å². The summed E-state index contributed by atoms with van der Waals surface area (Å²) >= 11 is 0. The Labute approximate surface area is 117 Å². The Kier molecular flexibility index (Phi) is 4.55. The first-order valence-corrected chi connectivity index (χ1v) is 6.71. The van der Waals surface area contributed by atoms with E-state index >= 15 is 0 Å². The topological polar surface area (TPSA) is 85.5 Å². The molecule has 1 aromatic rings. The van der Waals surface area contributed by atoms with Gasteiger partial charge in [0.15, 0.2) is 0 Å². The van der Waals surface area contributed by atoms with Gasteiger partial charge in [-0.25, -0.2) is 9.78 Å². The zero-order valence-electron chi connectivity index (χ0n) is 11.5. The third-order valence-corrected chi connectivity index (χ3v) is 3.55. The van der Waals surface area contributed by atoms with Gasteiger partial charge in [-0.3, -0.25) is 4.79 Å². The van der Waals surface area contributed by atoms with Gasteiger partial charge >= 0.3 is 5.97 Å². The third-order valence-electron chi connectivity index (χ3n) is 3.55. The van der Waals surface area contributed by atoms with Crippen LogP contribution in [0.3, 0.4) is 0 Å². The van der Waals surface area contributed by atoms with Crippen LogP contribution in [0.2, 0.25) is 0 Å². The number of aromatic nitrogens is 1. The van der Waals surface area contributed by atoms with E-state index in [0.29, 0.717) is 11.4 Å². The van der Waals surface area contributed by atoms with E-state index in [-0.39, 0.29) is 12.6 Å². The fraction of sp³-hybridized carbons (Fsp3) is 0.500. The predicted octanol–water partition coefficient (Wildman–Crippen LogP) is 1.10. The van der Waals surface area contributed by atoms with Gasteiger partial charge in [0.1, 0.15) is 5.82 Å². The van der Waals surface area contributed by atoms with Crippen molar-refractivity contribution in [2.45, 2.75) is 31.7 Å². The van der Waals surface area contributed by atoms with E-state index in [4.69, 9.17) is 10.5 Å². The number of carbonyl (C=O) groups excluding carboxylic acids is 2. The maximum Gasteiger partial charge on any atom is 0.338 e. The van der Waals surface area contributed by atoms with Gasteiger partial charge in [0, 0.05) is 12.2 Å². The number of nitrogens with two attached hydrogens (primary N) is 1. The van der Waals surface area contributed by atoms with Gasteiger partial charge < -0.3 is 15.4 Å². The van der Waals surface area contributed by atoms with Crippen LogP contribution in [0.5, 0.6) is 0 Å². The molecular formula is C14H19N3O3. The first kappa shape index (κ1) is 14.3. The first-order chi connectivity index (χ1) is 9.61. The van der Waals surface area contributed by atoms with Crippen molar-refractivity contribution in [3.05, 3.63) is 23.9 Å². The molecule has 0 radical (unpaired) electrons. The highest BCUT2D eigenvalue weighted by Gasteiger charge is 2.25. The zero-order chi connectivity index (χ0) is 14.5. The van der Waals surface area contributed by atoms with Crippen molar-refractivity contribution in [3.8, 4) is 0 Å². The van der Waals surface area contributed by atoms with Gasteiger partial charge in [0.05, 0.1) is 19.2 Å². The SMILES string of the molecule is COC(=O)c1ccnc(N(CC(N)=O)C2CCCC2)c1. The summed E-state index contributed by atoms with van der Waals surface area (Å²) in [5.41, 5.74) is 5.74. The number of hydrogen-bond acceptors (Lipinski definition) is 5. The van der Waals surface area contributed by atoms with Crippen LogP contribution in [0.25, 0.3) is 0 Å². The number of anilines is 1. The number of hydrogen-bond donors (Lipinski definition) is 1. The Hall–Kier alpha value is -2.11. The third kappa shape index (κ3) is 3.26. The maximum absolute atomic E-state index is 11.6. The molecule has 6 nitrogen and oxygen atoms in total. The lowest BCUT2D eigenvalue weighted by Crippen LogP contribution is -2.40. The molecule has 1 aliphatic carbocycles. The van der Waals surface area contributed by atoms with Gasteiger partial charge in [0.25, 0.3) is 0 Å². The van der Waals surface area contributed by atoms with Gasteiger partial charge in [-0.05, 0) is 25.0 Å². The number of primary amides is 1. The lowest BCUT2D eigenvalue weighted by atomic mass is 10.2. The smallest absolute Gasteiger partial charge is 0.338 e. The van der Waals surface area contributed by atoms with Crippen molar-refractivity contribution in [2.24, 2.45) is 5.73 Å². The van der Waals surface area contributed by atoms with Crippen LogP contribution in [0.1, 0.15) is 36.0 Å². The van der Waals surface area contributed by atoms with E-state index in [2.05, 4.69) is 4.98 Å². The molecule has 20 heavy (non-hydrogen) atoms. The summed E-state index contributed by atoms with van der Waals surface area (Å²) in [4.78, 5) is 29.0. The summed E-state index contributed by atoms with van der Waals surface area (Å²) in [5.74, 6) is -0.222. The molecule has 1 amide bonds. The van der Waals surface area contributed by atoms with E-state index < -0.39 is 11.9 Å². The quantitative estimate of drug-likeness (QED) is 0.815. The minimum atomic E-state index is -0.418. The number of rotatable bonds is 5. The molecule has 0 bridgehead atoms. The molecule has 108 valence electrons. The molecular weight excluding hydrogens is 258 g/mol. The summed E-state index contributed by atoms with van der Waals surface area (Å²) in [6.07, 6.45) is 5.84. The largest absolute Gasteiger partial charge is 0.465 e. The van der Waals surface area contributed by atoms with Gasteiger partial charge in [-0.15, -0.1) is 0 Å². The van der Waals surface area contributed by atoms with Crippen molar-refractivity contribution in [3.63, 3.8) is 0 Å². The molecule has 2 N–H and O–H groups in total. The molecule has 2 rings (SSSR count). The van der Waals surface area contributed by atoms with Gasteiger partial charge in [-0.1, -0.05) is 12.8 Å². The Morgan fingerprint density at radius 2 is 2.15 bits per heavy atom. The highest BCUT2D eigenvalue weighted by Crippen LogP contribution is 2.27. The molecule has 0 aromatic carbocycles.